The normalized spacial score (nSPS) is 17.1. The first kappa shape index (κ1) is 40.6. The first-order chi connectivity index (χ1) is 26.1. The maximum Gasteiger partial charge on any atom is 0.416 e. The Hall–Kier alpha value is -5.62. The van der Waals surface area contributed by atoms with Gasteiger partial charge in [0.25, 0.3) is 5.91 Å². The summed E-state index contributed by atoms with van der Waals surface area (Å²) in [5, 5.41) is 12.8. The van der Waals surface area contributed by atoms with Crippen LogP contribution in [0.25, 0.3) is 10.4 Å². The number of alkyl halides is 6. The Morgan fingerprint density at radius 1 is 0.945 bits per heavy atom. The van der Waals surface area contributed by atoms with Gasteiger partial charge in [0.2, 0.25) is 5.90 Å². The molecule has 3 N–H and O–H groups in total. The standard InChI is InChI=1S/C36H32F6N6O6S/c37-35(38,39)25-19-23(20-26(21-25)36(40,41)42)22-44-47-33(50)34(15-18-55(51,52)28-7-2-1-3-8-28)31(29-9-4-5-10-30(29)46-48-43)54-32(45-34)24-11-13-27(14-12-24)53-17-6-16-49/h1-5,7-14,19-21,31,44,49H,6,15-18,22H2,(H,47,50)/t31-,34-/m0/s1. The fraction of sp³-hybridized carbons (Fsp3) is 0.278. The van der Waals surface area contributed by atoms with Gasteiger partial charge in [-0.05, 0) is 65.7 Å². The third kappa shape index (κ3) is 9.74. The first-order valence-electron chi connectivity index (χ1n) is 16.4. The monoisotopic (exact) mass is 790 g/mol. The number of halogens is 6. The fourth-order valence-electron chi connectivity index (χ4n) is 5.69. The Labute approximate surface area is 310 Å². The number of aliphatic hydroxyl groups excluding tert-OH is 1. The van der Waals surface area contributed by atoms with E-state index in [1.54, 1.807) is 36.4 Å². The number of ether oxygens (including phenoxy) is 2. The van der Waals surface area contributed by atoms with E-state index in [0.717, 1.165) is 0 Å². The van der Waals surface area contributed by atoms with Crippen LogP contribution >= 0.6 is 0 Å². The summed E-state index contributed by atoms with van der Waals surface area (Å²) in [4.78, 5) is 21.8. The minimum absolute atomic E-state index is 0.00113. The highest BCUT2D eigenvalue weighted by atomic mass is 32.2. The number of sulfone groups is 1. The van der Waals surface area contributed by atoms with Crippen molar-refractivity contribution in [1.29, 1.82) is 0 Å². The number of aliphatic imine (C=N–C) groups is 1. The Kier molecular flexibility index (Phi) is 12.4. The number of nitrogens with one attached hydrogen (secondary N) is 2. The highest BCUT2D eigenvalue weighted by Gasteiger charge is 2.54. The second-order valence-corrected chi connectivity index (χ2v) is 14.3. The van der Waals surface area contributed by atoms with Crippen molar-refractivity contribution < 1.29 is 54.1 Å². The molecule has 55 heavy (non-hydrogen) atoms. The molecule has 2 atom stereocenters. The zero-order valence-corrected chi connectivity index (χ0v) is 29.3. The number of amides is 1. The van der Waals surface area contributed by atoms with Crippen LogP contribution in [0.2, 0.25) is 0 Å². The number of nitrogens with zero attached hydrogens (tertiary/aromatic N) is 4. The Morgan fingerprint density at radius 3 is 2.20 bits per heavy atom. The van der Waals surface area contributed by atoms with Crippen LogP contribution in [0.15, 0.2) is 112 Å². The van der Waals surface area contributed by atoms with Crippen molar-refractivity contribution in [3.63, 3.8) is 0 Å². The quantitative estimate of drug-likeness (QED) is 0.0281. The predicted octanol–water partition coefficient (Wildman–Crippen LogP) is 7.37. The van der Waals surface area contributed by atoms with Crippen molar-refractivity contribution in [3.05, 3.63) is 135 Å². The van der Waals surface area contributed by atoms with Crippen LogP contribution in [-0.2, 0) is 38.3 Å². The van der Waals surface area contributed by atoms with Crippen molar-refractivity contribution >= 4 is 27.3 Å². The SMILES string of the molecule is [N-]=[N+]=Nc1ccccc1[C@@H]1OC(c2ccc(OCCCO)cc2)=N[C@]1(CCS(=O)(=O)c1ccccc1)C(=O)NNCc1cc(C(F)(F)F)cc(C(F)(F)F)c1. The van der Waals surface area contributed by atoms with Crippen LogP contribution in [0.1, 0.15) is 46.8 Å². The van der Waals surface area contributed by atoms with Crippen molar-refractivity contribution in [1.82, 2.24) is 10.9 Å². The lowest BCUT2D eigenvalue weighted by molar-refractivity contribution is -0.143. The Morgan fingerprint density at radius 2 is 1.58 bits per heavy atom. The van der Waals surface area contributed by atoms with Gasteiger partial charge in [0.15, 0.2) is 21.5 Å². The van der Waals surface area contributed by atoms with E-state index >= 15 is 0 Å². The highest BCUT2D eigenvalue weighted by molar-refractivity contribution is 7.91. The largest absolute Gasteiger partial charge is 0.494 e. The Balaban J connectivity index is 1.57. The molecular formula is C36H32F6N6O6S. The van der Waals surface area contributed by atoms with Gasteiger partial charge < -0.3 is 14.6 Å². The van der Waals surface area contributed by atoms with Gasteiger partial charge in [-0.3, -0.25) is 10.2 Å². The molecule has 0 spiro atoms. The van der Waals surface area contributed by atoms with Crippen molar-refractivity contribution in [3.8, 4) is 5.75 Å². The molecule has 5 rings (SSSR count). The second-order valence-electron chi connectivity index (χ2n) is 12.1. The molecule has 290 valence electrons. The number of benzene rings is 4. The van der Waals surface area contributed by atoms with Gasteiger partial charge in [-0.15, -0.1) is 0 Å². The number of hydrogen-bond donors (Lipinski definition) is 3. The number of hydrazine groups is 1. The third-order valence-electron chi connectivity index (χ3n) is 8.40. The maximum absolute atomic E-state index is 14.4. The summed E-state index contributed by atoms with van der Waals surface area (Å²) in [7, 11) is -4.10. The summed E-state index contributed by atoms with van der Waals surface area (Å²) in [5.41, 5.74) is 8.57. The summed E-state index contributed by atoms with van der Waals surface area (Å²) in [6, 6.07) is 20.4. The van der Waals surface area contributed by atoms with Gasteiger partial charge in [-0.1, -0.05) is 47.6 Å². The number of carbonyl (C=O) groups is 1. The molecule has 0 saturated heterocycles. The minimum atomic E-state index is -5.11. The molecule has 19 heteroatoms. The van der Waals surface area contributed by atoms with E-state index < -0.39 is 75.1 Å². The van der Waals surface area contributed by atoms with E-state index in [2.05, 4.69) is 25.9 Å². The molecule has 0 bridgehead atoms. The first-order valence-corrected chi connectivity index (χ1v) is 18.1. The summed E-state index contributed by atoms with van der Waals surface area (Å²) in [5.74, 6) is -1.49. The molecule has 0 radical (unpaired) electrons. The second kappa shape index (κ2) is 16.8. The molecule has 1 heterocycles. The molecule has 4 aromatic carbocycles. The molecule has 0 aromatic heterocycles. The van der Waals surface area contributed by atoms with Gasteiger partial charge in [-0.2, -0.15) is 26.3 Å². The molecule has 4 aromatic rings. The van der Waals surface area contributed by atoms with Crippen molar-refractivity contribution in [2.75, 3.05) is 19.0 Å². The summed E-state index contributed by atoms with van der Waals surface area (Å²) in [6.07, 6.45) is -11.9. The van der Waals surface area contributed by atoms with E-state index in [1.165, 1.54) is 42.5 Å². The predicted molar refractivity (Wildman–Crippen MR) is 187 cm³/mol. The molecule has 0 saturated carbocycles. The molecule has 0 fully saturated rings. The maximum atomic E-state index is 14.4. The zero-order valence-electron chi connectivity index (χ0n) is 28.5. The summed E-state index contributed by atoms with van der Waals surface area (Å²) in [6.45, 7) is -0.600. The molecule has 1 amide bonds. The molecule has 0 unspecified atom stereocenters. The van der Waals surface area contributed by atoms with Crippen molar-refractivity contribution in [2.45, 2.75) is 48.3 Å². The van der Waals surface area contributed by atoms with E-state index in [-0.39, 0.29) is 41.3 Å². The summed E-state index contributed by atoms with van der Waals surface area (Å²) >= 11 is 0. The van der Waals surface area contributed by atoms with E-state index in [1.807, 2.05) is 0 Å². The topological polar surface area (TPSA) is 175 Å². The molecule has 12 nitrogen and oxygen atoms in total. The molecule has 0 aliphatic carbocycles. The lowest BCUT2D eigenvalue weighted by Crippen LogP contribution is -2.53. The fourth-order valence-corrected chi connectivity index (χ4v) is 7.08. The minimum Gasteiger partial charge on any atom is -0.494 e. The average molecular weight is 791 g/mol. The number of carbonyl (C=O) groups excluding carboxylic acids is 1. The number of azide groups is 1. The van der Waals surface area contributed by atoms with E-state index in [0.29, 0.717) is 29.9 Å². The molecular weight excluding hydrogens is 758 g/mol. The van der Waals surface area contributed by atoms with Crippen LogP contribution < -0.4 is 15.6 Å². The van der Waals surface area contributed by atoms with Crippen molar-refractivity contribution in [2.24, 2.45) is 10.1 Å². The van der Waals surface area contributed by atoms with Gasteiger partial charge >= 0.3 is 12.4 Å². The zero-order chi connectivity index (χ0) is 39.9. The van der Waals surface area contributed by atoms with Gasteiger partial charge in [0.05, 0.1) is 28.4 Å². The lowest BCUT2D eigenvalue weighted by Gasteiger charge is -2.31. The highest BCUT2D eigenvalue weighted by Crippen LogP contribution is 2.46. The van der Waals surface area contributed by atoms with Crippen LogP contribution in [0.4, 0.5) is 32.0 Å². The van der Waals surface area contributed by atoms with Gasteiger partial charge in [-0.25, -0.2) is 18.8 Å². The Bertz CT molecular complexity index is 2150. The third-order valence-corrected chi connectivity index (χ3v) is 10.1. The number of rotatable bonds is 15. The van der Waals surface area contributed by atoms with E-state index in [9.17, 15) is 45.1 Å². The summed E-state index contributed by atoms with van der Waals surface area (Å²) < 4.78 is 120. The number of hydrogen-bond acceptors (Lipinski definition) is 9. The average Bonchev–Trinajstić information content (AvgIpc) is 3.55. The lowest BCUT2D eigenvalue weighted by atomic mass is 9.84. The van der Waals surface area contributed by atoms with Crippen LogP contribution in [0.3, 0.4) is 0 Å². The van der Waals surface area contributed by atoms with Gasteiger partial charge in [0.1, 0.15) is 5.75 Å². The van der Waals surface area contributed by atoms with Crippen LogP contribution in [0, 0.1) is 0 Å². The molecule has 1 aliphatic heterocycles. The van der Waals surface area contributed by atoms with Gasteiger partial charge in [0, 0.05) is 47.7 Å². The van der Waals surface area contributed by atoms with E-state index in [4.69, 9.17) is 14.6 Å². The van der Waals surface area contributed by atoms with Crippen LogP contribution in [-0.4, -0.2) is 49.8 Å². The number of aliphatic hydroxyl groups is 1. The molecule has 1 aliphatic rings. The van der Waals surface area contributed by atoms with Crippen LogP contribution in [0.5, 0.6) is 5.75 Å². The smallest absolute Gasteiger partial charge is 0.416 e.